The zero-order chi connectivity index (χ0) is 17.5. The van der Waals surface area contributed by atoms with Crippen molar-refractivity contribution in [3.8, 4) is 0 Å². The molecular formula is C16H14BrN3O4. The molecule has 0 bridgehead atoms. The van der Waals surface area contributed by atoms with Gasteiger partial charge in [-0.15, -0.1) is 0 Å². The first kappa shape index (κ1) is 17.6. The Morgan fingerprint density at radius 1 is 1.17 bits per heavy atom. The van der Waals surface area contributed by atoms with E-state index in [0.29, 0.717) is 5.71 Å². The third-order valence-corrected chi connectivity index (χ3v) is 3.69. The van der Waals surface area contributed by atoms with Gasteiger partial charge < -0.3 is 5.11 Å². The van der Waals surface area contributed by atoms with Crippen molar-refractivity contribution in [1.82, 2.24) is 0 Å². The molecule has 0 spiro atoms. The monoisotopic (exact) mass is 391 g/mol. The lowest BCUT2D eigenvalue weighted by Crippen LogP contribution is -2.08. The zero-order valence-corrected chi connectivity index (χ0v) is 14.1. The Balaban J connectivity index is 2.29. The van der Waals surface area contributed by atoms with Crippen LogP contribution >= 0.6 is 15.9 Å². The summed E-state index contributed by atoms with van der Waals surface area (Å²) in [5.41, 5.74) is 4.06. The summed E-state index contributed by atoms with van der Waals surface area (Å²) in [4.78, 5) is 21.4. The van der Waals surface area contributed by atoms with Gasteiger partial charge in [-0.25, -0.2) is 0 Å². The highest BCUT2D eigenvalue weighted by Crippen LogP contribution is 2.23. The molecule has 2 aromatic rings. The lowest BCUT2D eigenvalue weighted by molar-refractivity contribution is -0.384. The van der Waals surface area contributed by atoms with Crippen molar-refractivity contribution in [2.75, 3.05) is 5.43 Å². The molecule has 8 heteroatoms. The van der Waals surface area contributed by atoms with Crippen LogP contribution in [0.5, 0.6) is 0 Å². The fraction of sp³-hybridized carbons (Fsp3) is 0.125. The van der Waals surface area contributed by atoms with E-state index in [1.807, 2.05) is 12.1 Å². The maximum Gasteiger partial charge on any atom is 0.303 e. The number of hydrogen-bond donors (Lipinski definition) is 2. The van der Waals surface area contributed by atoms with Gasteiger partial charge >= 0.3 is 5.97 Å². The summed E-state index contributed by atoms with van der Waals surface area (Å²) in [6, 6.07) is 13.4. The maximum atomic E-state index is 11.0. The molecule has 2 rings (SSSR count). The van der Waals surface area contributed by atoms with Crippen molar-refractivity contribution in [3.63, 3.8) is 0 Å². The lowest BCUT2D eigenvalue weighted by Gasteiger charge is -2.08. The molecular weight excluding hydrogens is 378 g/mol. The van der Waals surface area contributed by atoms with Crippen molar-refractivity contribution < 1.29 is 14.8 Å². The summed E-state index contributed by atoms with van der Waals surface area (Å²) in [6.45, 7) is 0. The molecule has 124 valence electrons. The van der Waals surface area contributed by atoms with Crippen LogP contribution in [0, 0.1) is 10.1 Å². The molecule has 2 aromatic carbocycles. The molecule has 0 aliphatic rings. The van der Waals surface area contributed by atoms with Crippen LogP contribution in [0.2, 0.25) is 0 Å². The second-order valence-electron chi connectivity index (χ2n) is 4.85. The molecule has 0 amide bonds. The van der Waals surface area contributed by atoms with Gasteiger partial charge in [0.2, 0.25) is 0 Å². The molecule has 24 heavy (non-hydrogen) atoms. The number of aliphatic carboxylic acids is 1. The lowest BCUT2D eigenvalue weighted by atomic mass is 10.1. The number of hydrogen-bond acceptors (Lipinski definition) is 5. The van der Waals surface area contributed by atoms with Crippen LogP contribution in [0.4, 0.5) is 11.4 Å². The summed E-state index contributed by atoms with van der Waals surface area (Å²) >= 11 is 3.33. The van der Waals surface area contributed by atoms with Gasteiger partial charge in [-0.05, 0) is 23.8 Å². The number of carboxylic acid groups (broad SMARTS) is 1. The first-order chi connectivity index (χ1) is 11.5. The van der Waals surface area contributed by atoms with Gasteiger partial charge in [-0.3, -0.25) is 20.3 Å². The highest BCUT2D eigenvalue weighted by molar-refractivity contribution is 9.10. The van der Waals surface area contributed by atoms with E-state index in [1.165, 1.54) is 12.1 Å². The topological polar surface area (TPSA) is 105 Å². The highest BCUT2D eigenvalue weighted by Gasteiger charge is 2.13. The van der Waals surface area contributed by atoms with Gasteiger partial charge in [-0.2, -0.15) is 5.10 Å². The molecule has 0 aliphatic heterocycles. The Kier molecular flexibility index (Phi) is 6.02. The molecule has 2 N–H and O–H groups in total. The predicted octanol–water partition coefficient (Wildman–Crippen LogP) is 4.04. The Hall–Kier alpha value is -2.74. The van der Waals surface area contributed by atoms with Crippen molar-refractivity contribution in [1.29, 1.82) is 0 Å². The van der Waals surface area contributed by atoms with Crippen molar-refractivity contribution >= 4 is 39.0 Å². The Morgan fingerprint density at radius 2 is 1.83 bits per heavy atom. The first-order valence-electron chi connectivity index (χ1n) is 7.01. The van der Waals surface area contributed by atoms with Crippen LogP contribution in [0.3, 0.4) is 0 Å². The smallest absolute Gasteiger partial charge is 0.303 e. The first-order valence-corrected chi connectivity index (χ1v) is 7.80. The normalized spacial score (nSPS) is 11.1. The number of para-hydroxylation sites is 2. The van der Waals surface area contributed by atoms with Crippen molar-refractivity contribution in [2.24, 2.45) is 5.10 Å². The minimum absolute atomic E-state index is 0.0898. The molecule has 0 fully saturated rings. The molecule has 0 heterocycles. The van der Waals surface area contributed by atoms with Gasteiger partial charge in [0.25, 0.3) is 5.69 Å². The number of nitro groups is 1. The van der Waals surface area contributed by atoms with Crippen molar-refractivity contribution in [3.05, 3.63) is 68.7 Å². The molecule has 0 saturated carbocycles. The largest absolute Gasteiger partial charge is 0.481 e. The second-order valence-corrected chi connectivity index (χ2v) is 5.76. The van der Waals surface area contributed by atoms with E-state index in [0.717, 1.165) is 10.0 Å². The average molecular weight is 392 g/mol. The third-order valence-electron chi connectivity index (χ3n) is 3.17. The van der Waals surface area contributed by atoms with Crippen LogP contribution in [0.15, 0.2) is 58.1 Å². The number of nitro benzene ring substituents is 1. The number of anilines is 1. The van der Waals surface area contributed by atoms with Gasteiger partial charge in [0.1, 0.15) is 5.69 Å². The predicted molar refractivity (Wildman–Crippen MR) is 94.3 cm³/mol. The molecule has 0 atom stereocenters. The average Bonchev–Trinajstić information content (AvgIpc) is 2.56. The SMILES string of the molecule is O=C(O)CC/C(=N/Nc1ccccc1[N+](=O)[O-])c1ccc(Br)cc1. The molecule has 0 unspecified atom stereocenters. The van der Waals surface area contributed by atoms with Crippen LogP contribution in [-0.2, 0) is 4.79 Å². The van der Waals surface area contributed by atoms with E-state index >= 15 is 0 Å². The maximum absolute atomic E-state index is 11.0. The Labute approximate surface area is 146 Å². The summed E-state index contributed by atoms with van der Waals surface area (Å²) < 4.78 is 0.885. The third kappa shape index (κ3) is 4.88. The van der Waals surface area contributed by atoms with E-state index in [1.54, 1.807) is 24.3 Å². The van der Waals surface area contributed by atoms with E-state index in [-0.39, 0.29) is 24.2 Å². The summed E-state index contributed by atoms with van der Waals surface area (Å²) in [5, 5.41) is 24.1. The highest BCUT2D eigenvalue weighted by atomic mass is 79.9. The standard InChI is InChI=1S/C16H14BrN3O4/c17-12-7-5-11(6-8-12)13(9-10-16(21)22)18-19-14-3-1-2-4-15(14)20(23)24/h1-8,19H,9-10H2,(H,21,22)/b18-13-. The summed E-state index contributed by atoms with van der Waals surface area (Å²) in [5.74, 6) is -0.939. The summed E-state index contributed by atoms with van der Waals surface area (Å²) in [6.07, 6.45) is 0.109. The fourth-order valence-corrected chi connectivity index (χ4v) is 2.25. The van der Waals surface area contributed by atoms with Gasteiger partial charge in [0, 0.05) is 17.0 Å². The number of nitrogens with one attached hydrogen (secondary N) is 1. The second kappa shape index (κ2) is 8.21. The minimum atomic E-state index is -0.939. The van der Waals surface area contributed by atoms with Crippen LogP contribution in [0.1, 0.15) is 18.4 Å². The molecule has 0 saturated heterocycles. The summed E-state index contributed by atoms with van der Waals surface area (Å²) in [7, 11) is 0. The van der Waals surface area contributed by atoms with E-state index < -0.39 is 10.9 Å². The number of benzene rings is 2. The number of nitrogens with zero attached hydrogens (tertiary/aromatic N) is 2. The van der Waals surface area contributed by atoms with Gasteiger partial charge in [0.15, 0.2) is 0 Å². The number of carbonyl (C=O) groups is 1. The Morgan fingerprint density at radius 3 is 2.46 bits per heavy atom. The van der Waals surface area contributed by atoms with Crippen LogP contribution < -0.4 is 5.43 Å². The molecule has 0 aromatic heterocycles. The zero-order valence-electron chi connectivity index (χ0n) is 12.5. The quantitative estimate of drug-likeness (QED) is 0.420. The van der Waals surface area contributed by atoms with Gasteiger partial charge in [0.05, 0.1) is 17.1 Å². The molecule has 7 nitrogen and oxygen atoms in total. The number of carboxylic acids is 1. The van der Waals surface area contributed by atoms with Crippen LogP contribution in [0.25, 0.3) is 0 Å². The Bertz CT molecular complexity index is 775. The minimum Gasteiger partial charge on any atom is -0.481 e. The van der Waals surface area contributed by atoms with E-state index in [9.17, 15) is 14.9 Å². The molecule has 0 radical (unpaired) electrons. The van der Waals surface area contributed by atoms with E-state index in [4.69, 9.17) is 5.11 Å². The van der Waals surface area contributed by atoms with Crippen molar-refractivity contribution in [2.45, 2.75) is 12.8 Å². The number of rotatable bonds is 7. The van der Waals surface area contributed by atoms with E-state index in [2.05, 4.69) is 26.5 Å². The van der Waals surface area contributed by atoms with Crippen LogP contribution in [-0.4, -0.2) is 21.7 Å². The fourth-order valence-electron chi connectivity index (χ4n) is 1.99. The molecule has 0 aliphatic carbocycles. The number of hydrazone groups is 1. The van der Waals surface area contributed by atoms with Gasteiger partial charge in [-0.1, -0.05) is 40.2 Å². The number of halogens is 1.